The molecule has 2 rings (SSSR count). The number of nitrogens with zero attached hydrogens (tertiary/aromatic N) is 1. The molecule has 1 aromatic rings. The average Bonchev–Trinajstić information content (AvgIpc) is 2.58. The Morgan fingerprint density at radius 1 is 1.00 bits per heavy atom. The Bertz CT molecular complexity index is 774. The van der Waals surface area contributed by atoms with Gasteiger partial charge < -0.3 is 18.9 Å². The van der Waals surface area contributed by atoms with E-state index in [1.54, 1.807) is 0 Å². The Balaban J connectivity index is 2.31. The Kier molecular flexibility index (Phi) is 7.33. The number of alkyl halides is 3. The summed E-state index contributed by atoms with van der Waals surface area (Å²) in [5, 5.41) is 0. The zero-order chi connectivity index (χ0) is 21.8. The van der Waals surface area contributed by atoms with Crippen LogP contribution in [0.1, 0.15) is 26.3 Å². The molecule has 1 aromatic heterocycles. The summed E-state index contributed by atoms with van der Waals surface area (Å²) < 4.78 is 59.8. The smallest absolute Gasteiger partial charge is 0.418 e. The van der Waals surface area contributed by atoms with E-state index in [1.165, 1.54) is 0 Å². The van der Waals surface area contributed by atoms with E-state index in [4.69, 9.17) is 18.9 Å². The first kappa shape index (κ1) is 22.8. The molecule has 8 nitrogen and oxygen atoms in total. The lowest BCUT2D eigenvalue weighted by Gasteiger charge is -2.39. The van der Waals surface area contributed by atoms with Crippen LogP contribution < -0.4 is 4.74 Å². The predicted molar refractivity (Wildman–Crippen MR) is 92.8 cm³/mol. The summed E-state index contributed by atoms with van der Waals surface area (Å²) in [6.07, 6.45) is -6.30. The lowest BCUT2D eigenvalue weighted by Crippen LogP contribution is -2.55. The summed E-state index contributed by atoms with van der Waals surface area (Å²) in [6, 6.07) is 0.747. The van der Waals surface area contributed by atoms with Gasteiger partial charge in [-0.05, 0) is 6.07 Å². The van der Waals surface area contributed by atoms with Crippen molar-refractivity contribution in [3.63, 3.8) is 0 Å². The van der Waals surface area contributed by atoms with Crippen molar-refractivity contribution < 1.29 is 46.5 Å². The molecular weight excluding hydrogens is 419 g/mol. The van der Waals surface area contributed by atoms with Gasteiger partial charge in [-0.1, -0.05) is 0 Å². The second-order valence-corrected chi connectivity index (χ2v) is 7.15. The van der Waals surface area contributed by atoms with Gasteiger partial charge in [-0.3, -0.25) is 19.4 Å². The highest BCUT2D eigenvalue weighted by molar-refractivity contribution is 7.99. The molecule has 12 heteroatoms. The van der Waals surface area contributed by atoms with Crippen molar-refractivity contribution in [1.29, 1.82) is 0 Å². The number of thioether (sulfide) groups is 1. The van der Waals surface area contributed by atoms with E-state index < -0.39 is 53.4 Å². The van der Waals surface area contributed by atoms with E-state index in [2.05, 4.69) is 4.98 Å². The lowest BCUT2D eigenvalue weighted by atomic mass is 10.1. The number of pyridine rings is 1. The Hall–Kier alpha value is -2.50. The Labute approximate surface area is 168 Å². The lowest BCUT2D eigenvalue weighted by molar-refractivity contribution is -0.186. The minimum atomic E-state index is -4.62. The average molecular weight is 437 g/mol. The number of hydrogen-bond donors (Lipinski definition) is 0. The number of aromatic nitrogens is 1. The van der Waals surface area contributed by atoms with Crippen molar-refractivity contribution in [3.8, 4) is 5.75 Å². The summed E-state index contributed by atoms with van der Waals surface area (Å²) in [5.41, 5.74) is -2.06. The molecule has 1 aliphatic rings. The van der Waals surface area contributed by atoms with Crippen LogP contribution >= 0.6 is 11.8 Å². The monoisotopic (exact) mass is 437 g/mol. The predicted octanol–water partition coefficient (Wildman–Crippen LogP) is 2.35. The summed E-state index contributed by atoms with van der Waals surface area (Å²) in [5.74, 6) is -2.24. The molecule has 0 saturated carbocycles. The van der Waals surface area contributed by atoms with Gasteiger partial charge in [0.25, 0.3) is 0 Å². The van der Waals surface area contributed by atoms with Crippen molar-refractivity contribution in [2.24, 2.45) is 0 Å². The normalized spacial score (nSPS) is 24.3. The second kappa shape index (κ2) is 9.33. The highest BCUT2D eigenvalue weighted by Crippen LogP contribution is 2.36. The first-order valence-electron chi connectivity index (χ1n) is 8.29. The third-order valence-electron chi connectivity index (χ3n) is 3.60. The number of ether oxygens (including phenoxy) is 4. The maximum atomic E-state index is 12.9. The van der Waals surface area contributed by atoms with Crippen LogP contribution in [0.15, 0.2) is 18.5 Å². The Morgan fingerprint density at radius 2 is 1.59 bits per heavy atom. The first-order chi connectivity index (χ1) is 13.5. The molecule has 29 heavy (non-hydrogen) atoms. The maximum absolute atomic E-state index is 12.9. The fourth-order valence-corrected chi connectivity index (χ4v) is 3.80. The van der Waals surface area contributed by atoms with Crippen LogP contribution in [0.2, 0.25) is 0 Å². The maximum Gasteiger partial charge on any atom is 0.418 e. The van der Waals surface area contributed by atoms with Crippen LogP contribution in [0.4, 0.5) is 13.2 Å². The number of halogens is 3. The van der Waals surface area contributed by atoms with E-state index in [0.717, 1.165) is 44.8 Å². The van der Waals surface area contributed by atoms with E-state index in [1.807, 2.05) is 0 Å². The molecule has 4 atom stereocenters. The Morgan fingerprint density at radius 3 is 2.14 bits per heavy atom. The van der Waals surface area contributed by atoms with Crippen molar-refractivity contribution in [2.75, 3.05) is 5.75 Å². The summed E-state index contributed by atoms with van der Waals surface area (Å²) in [6.45, 7) is 3.38. The van der Waals surface area contributed by atoms with Gasteiger partial charge in [-0.15, -0.1) is 11.8 Å². The largest absolute Gasteiger partial charge is 0.474 e. The number of carbonyl (C=O) groups is 3. The van der Waals surface area contributed by atoms with E-state index in [-0.39, 0.29) is 11.5 Å². The molecule has 0 radical (unpaired) electrons. The van der Waals surface area contributed by atoms with Crippen LogP contribution in [0.25, 0.3) is 0 Å². The van der Waals surface area contributed by atoms with Gasteiger partial charge in [0.2, 0.25) is 0 Å². The van der Waals surface area contributed by atoms with Gasteiger partial charge in [-0.25, -0.2) is 0 Å². The zero-order valence-corrected chi connectivity index (χ0v) is 16.4. The van der Waals surface area contributed by atoms with Crippen molar-refractivity contribution in [2.45, 2.75) is 50.7 Å². The van der Waals surface area contributed by atoms with Crippen molar-refractivity contribution >= 4 is 29.7 Å². The number of esters is 3. The third kappa shape index (κ3) is 6.51. The van der Waals surface area contributed by atoms with Crippen LogP contribution in [0.3, 0.4) is 0 Å². The van der Waals surface area contributed by atoms with E-state index in [0.29, 0.717) is 6.20 Å². The molecule has 0 spiro atoms. The molecule has 0 amide bonds. The van der Waals surface area contributed by atoms with Crippen LogP contribution in [-0.4, -0.2) is 52.4 Å². The molecule has 0 unspecified atom stereocenters. The van der Waals surface area contributed by atoms with E-state index in [9.17, 15) is 27.6 Å². The molecule has 0 bridgehead atoms. The van der Waals surface area contributed by atoms with Crippen LogP contribution in [0.5, 0.6) is 5.75 Å². The summed E-state index contributed by atoms with van der Waals surface area (Å²) >= 11 is 1.03. The third-order valence-corrected chi connectivity index (χ3v) is 4.81. The molecule has 160 valence electrons. The molecule has 0 aliphatic carbocycles. The summed E-state index contributed by atoms with van der Waals surface area (Å²) in [4.78, 5) is 37.9. The van der Waals surface area contributed by atoms with Crippen molar-refractivity contribution in [3.05, 3.63) is 24.0 Å². The topological polar surface area (TPSA) is 101 Å². The molecule has 1 saturated heterocycles. The van der Waals surface area contributed by atoms with Gasteiger partial charge in [-0.2, -0.15) is 13.2 Å². The van der Waals surface area contributed by atoms with E-state index >= 15 is 0 Å². The highest BCUT2D eigenvalue weighted by Gasteiger charge is 2.47. The standard InChI is InChI=1S/C17H18F3NO7S/c1-8(22)25-13-7-29-16(15(27-10(3)24)14(13)26-9(2)23)28-12-4-11(5-21-6-12)17(18,19)20/h4-6,13-16H,7H2,1-3H3/t13-,14+,15-,16+/m1/s1. The minimum Gasteiger partial charge on any atom is -0.474 e. The van der Waals surface area contributed by atoms with Gasteiger partial charge in [0.15, 0.2) is 23.7 Å². The van der Waals surface area contributed by atoms with Gasteiger partial charge in [0.1, 0.15) is 5.75 Å². The minimum absolute atomic E-state index is 0.0896. The quantitative estimate of drug-likeness (QED) is 0.507. The zero-order valence-electron chi connectivity index (χ0n) is 15.6. The molecule has 0 aromatic carbocycles. The molecule has 0 N–H and O–H groups in total. The SMILES string of the molecule is CC(=O)O[C@@H]1[C@@H](OC(C)=O)[C@@H](Oc2cncc(C(F)(F)F)c2)SC[C@H]1OC(C)=O. The molecule has 1 aliphatic heterocycles. The van der Waals surface area contributed by atoms with Gasteiger partial charge in [0, 0.05) is 32.7 Å². The number of carbonyl (C=O) groups excluding carboxylic acids is 3. The van der Waals surface area contributed by atoms with Crippen LogP contribution in [-0.2, 0) is 34.8 Å². The number of hydrogen-bond acceptors (Lipinski definition) is 9. The number of rotatable bonds is 5. The van der Waals surface area contributed by atoms with Gasteiger partial charge >= 0.3 is 24.1 Å². The molecule has 2 heterocycles. The second-order valence-electron chi connectivity index (χ2n) is 6.02. The molecular formula is C17H18F3NO7S. The summed E-state index contributed by atoms with van der Waals surface area (Å²) in [7, 11) is 0. The van der Waals surface area contributed by atoms with Crippen LogP contribution in [0, 0.1) is 0 Å². The fourth-order valence-electron chi connectivity index (χ4n) is 2.58. The highest BCUT2D eigenvalue weighted by atomic mass is 32.2. The fraction of sp³-hybridized carbons (Fsp3) is 0.529. The first-order valence-corrected chi connectivity index (χ1v) is 9.34. The molecule has 1 fully saturated rings. The van der Waals surface area contributed by atoms with Crippen molar-refractivity contribution in [1.82, 2.24) is 4.98 Å². The van der Waals surface area contributed by atoms with Gasteiger partial charge in [0.05, 0.1) is 11.8 Å².